The predicted octanol–water partition coefficient (Wildman–Crippen LogP) is 3.71. The number of carbonyl (C=O) groups is 1. The molecule has 2 aromatic rings. The van der Waals surface area contributed by atoms with Crippen molar-refractivity contribution < 1.29 is 19.0 Å². The van der Waals surface area contributed by atoms with Gasteiger partial charge in [0.05, 0.1) is 21.3 Å². The third-order valence-electron chi connectivity index (χ3n) is 4.48. The summed E-state index contributed by atoms with van der Waals surface area (Å²) in [6.07, 6.45) is 5.34. The molecule has 0 saturated carbocycles. The normalized spacial score (nSPS) is 13.4. The maximum atomic E-state index is 12.7. The van der Waals surface area contributed by atoms with Crippen LogP contribution in [0.5, 0.6) is 17.2 Å². The number of hydrogen-bond donors (Lipinski definition) is 0. The van der Waals surface area contributed by atoms with Crippen molar-refractivity contribution in [3.8, 4) is 17.2 Å². The van der Waals surface area contributed by atoms with E-state index in [0.717, 1.165) is 30.6 Å². The van der Waals surface area contributed by atoms with E-state index in [-0.39, 0.29) is 5.91 Å². The number of para-hydroxylation sites is 1. The zero-order valence-electron chi connectivity index (χ0n) is 15.3. The van der Waals surface area contributed by atoms with Gasteiger partial charge < -0.3 is 19.1 Å². The molecule has 0 aliphatic carbocycles. The van der Waals surface area contributed by atoms with Crippen molar-refractivity contribution in [2.45, 2.75) is 12.8 Å². The highest BCUT2D eigenvalue weighted by atomic mass is 16.5. The molecule has 1 heterocycles. The Balaban J connectivity index is 1.85. The molecule has 0 spiro atoms. The molecule has 0 fully saturated rings. The van der Waals surface area contributed by atoms with Crippen molar-refractivity contribution in [3.63, 3.8) is 0 Å². The molecule has 0 aromatic heterocycles. The number of benzene rings is 2. The van der Waals surface area contributed by atoms with Gasteiger partial charge in [-0.25, -0.2) is 0 Å². The summed E-state index contributed by atoms with van der Waals surface area (Å²) in [4.78, 5) is 14.5. The molecule has 5 nitrogen and oxygen atoms in total. The molecule has 26 heavy (non-hydrogen) atoms. The molecule has 1 aliphatic heterocycles. The van der Waals surface area contributed by atoms with Gasteiger partial charge in [0.1, 0.15) is 0 Å². The first-order chi connectivity index (χ1) is 12.7. The molecule has 136 valence electrons. The molecular weight excluding hydrogens is 330 g/mol. The number of hydrogen-bond acceptors (Lipinski definition) is 4. The summed E-state index contributed by atoms with van der Waals surface area (Å²) in [5, 5.41) is 0. The summed E-state index contributed by atoms with van der Waals surface area (Å²) in [7, 11) is 4.70. The lowest BCUT2D eigenvalue weighted by molar-refractivity contribution is -0.114. The minimum Gasteiger partial charge on any atom is -0.493 e. The second-order valence-corrected chi connectivity index (χ2v) is 6.01. The summed E-state index contributed by atoms with van der Waals surface area (Å²) in [6.45, 7) is 0.732. The molecule has 0 bridgehead atoms. The van der Waals surface area contributed by atoms with E-state index < -0.39 is 0 Å². The number of nitrogens with zero attached hydrogens (tertiary/aromatic N) is 1. The Kier molecular flexibility index (Phi) is 5.46. The van der Waals surface area contributed by atoms with Crippen molar-refractivity contribution >= 4 is 17.7 Å². The first kappa shape index (κ1) is 17.9. The molecule has 0 radical (unpaired) electrons. The number of rotatable bonds is 5. The van der Waals surface area contributed by atoms with Crippen molar-refractivity contribution in [2.24, 2.45) is 0 Å². The van der Waals surface area contributed by atoms with Crippen LogP contribution in [0, 0.1) is 0 Å². The number of methoxy groups -OCH3 is 3. The third-order valence-corrected chi connectivity index (χ3v) is 4.48. The van der Waals surface area contributed by atoms with Crippen LogP contribution in [0.1, 0.15) is 17.5 Å². The van der Waals surface area contributed by atoms with Gasteiger partial charge in [-0.1, -0.05) is 18.2 Å². The van der Waals surface area contributed by atoms with Gasteiger partial charge in [-0.3, -0.25) is 4.79 Å². The fourth-order valence-corrected chi connectivity index (χ4v) is 3.22. The second kappa shape index (κ2) is 7.95. The quantitative estimate of drug-likeness (QED) is 0.769. The summed E-state index contributed by atoms with van der Waals surface area (Å²) < 4.78 is 16.0. The highest BCUT2D eigenvalue weighted by molar-refractivity contribution is 6.04. The van der Waals surface area contributed by atoms with Gasteiger partial charge in [0, 0.05) is 18.3 Å². The van der Waals surface area contributed by atoms with Crippen LogP contribution in [-0.4, -0.2) is 33.8 Å². The van der Waals surface area contributed by atoms with E-state index >= 15 is 0 Å². The Morgan fingerprint density at radius 3 is 2.38 bits per heavy atom. The van der Waals surface area contributed by atoms with Crippen LogP contribution in [-0.2, 0) is 11.2 Å². The molecule has 1 aliphatic rings. The van der Waals surface area contributed by atoms with E-state index in [1.807, 2.05) is 35.2 Å². The lowest BCUT2D eigenvalue weighted by atomic mass is 10.0. The van der Waals surface area contributed by atoms with Gasteiger partial charge in [0.15, 0.2) is 11.5 Å². The standard InChI is InChI=1S/C21H23NO4/c1-24-18-13-15(14-19(25-2)21(18)26-3)10-11-20(23)22-12-6-8-16-7-4-5-9-17(16)22/h4-5,7,9-11,13-14H,6,8,12H2,1-3H3. The molecule has 0 saturated heterocycles. The summed E-state index contributed by atoms with van der Waals surface area (Å²) in [6, 6.07) is 11.7. The van der Waals surface area contributed by atoms with Crippen molar-refractivity contribution in [3.05, 3.63) is 53.6 Å². The van der Waals surface area contributed by atoms with Crippen LogP contribution in [0.15, 0.2) is 42.5 Å². The van der Waals surface area contributed by atoms with Crippen molar-refractivity contribution in [2.75, 3.05) is 32.8 Å². The van der Waals surface area contributed by atoms with E-state index in [9.17, 15) is 4.79 Å². The number of fused-ring (bicyclic) bond motifs is 1. The van der Waals surface area contributed by atoms with E-state index in [4.69, 9.17) is 14.2 Å². The zero-order valence-corrected chi connectivity index (χ0v) is 15.3. The first-order valence-electron chi connectivity index (χ1n) is 8.55. The van der Waals surface area contributed by atoms with E-state index in [1.54, 1.807) is 33.5 Å². The monoisotopic (exact) mass is 353 g/mol. The molecule has 5 heteroatoms. The molecule has 0 unspecified atom stereocenters. The highest BCUT2D eigenvalue weighted by Crippen LogP contribution is 2.38. The molecule has 3 rings (SSSR count). The topological polar surface area (TPSA) is 48.0 Å². The van der Waals surface area contributed by atoms with Crippen LogP contribution >= 0.6 is 0 Å². The van der Waals surface area contributed by atoms with Crippen LogP contribution in [0.25, 0.3) is 6.08 Å². The van der Waals surface area contributed by atoms with E-state index in [1.165, 1.54) is 5.56 Å². The maximum Gasteiger partial charge on any atom is 0.250 e. The Morgan fingerprint density at radius 1 is 1.04 bits per heavy atom. The summed E-state index contributed by atoms with van der Waals surface area (Å²) in [5.74, 6) is 1.61. The van der Waals surface area contributed by atoms with Crippen molar-refractivity contribution in [1.82, 2.24) is 0 Å². The largest absolute Gasteiger partial charge is 0.493 e. The average Bonchev–Trinajstić information content (AvgIpc) is 2.70. The Morgan fingerprint density at radius 2 is 1.73 bits per heavy atom. The minimum absolute atomic E-state index is 0.0362. The SMILES string of the molecule is COc1cc(C=CC(=O)N2CCCc3ccccc32)cc(OC)c1OC. The van der Waals surface area contributed by atoms with Gasteiger partial charge in [-0.05, 0) is 48.2 Å². The lowest BCUT2D eigenvalue weighted by Gasteiger charge is -2.28. The number of carbonyl (C=O) groups excluding carboxylic acids is 1. The number of anilines is 1. The van der Waals surface area contributed by atoms with Crippen LogP contribution < -0.4 is 19.1 Å². The van der Waals surface area contributed by atoms with Crippen LogP contribution in [0.2, 0.25) is 0 Å². The lowest BCUT2D eigenvalue weighted by Crippen LogP contribution is -2.34. The average molecular weight is 353 g/mol. The Bertz CT molecular complexity index is 804. The fraction of sp³-hybridized carbons (Fsp3) is 0.286. The smallest absolute Gasteiger partial charge is 0.250 e. The van der Waals surface area contributed by atoms with Gasteiger partial charge in [0.25, 0.3) is 5.91 Å². The van der Waals surface area contributed by atoms with Gasteiger partial charge >= 0.3 is 0 Å². The number of ether oxygens (including phenoxy) is 3. The molecule has 0 atom stereocenters. The molecular formula is C21H23NO4. The molecule has 1 amide bonds. The van der Waals surface area contributed by atoms with E-state index in [0.29, 0.717) is 17.2 Å². The highest BCUT2D eigenvalue weighted by Gasteiger charge is 2.20. The van der Waals surface area contributed by atoms with Crippen molar-refractivity contribution in [1.29, 1.82) is 0 Å². The maximum absolute atomic E-state index is 12.7. The van der Waals surface area contributed by atoms with Crippen LogP contribution in [0.3, 0.4) is 0 Å². The molecule has 0 N–H and O–H groups in total. The number of amides is 1. The number of aryl methyl sites for hydroxylation is 1. The Labute approximate surface area is 153 Å². The zero-order chi connectivity index (χ0) is 18.5. The van der Waals surface area contributed by atoms with Gasteiger partial charge in [-0.2, -0.15) is 0 Å². The summed E-state index contributed by atoms with van der Waals surface area (Å²) in [5.41, 5.74) is 3.02. The van der Waals surface area contributed by atoms with Crippen LogP contribution in [0.4, 0.5) is 5.69 Å². The first-order valence-corrected chi connectivity index (χ1v) is 8.55. The third kappa shape index (κ3) is 3.52. The van der Waals surface area contributed by atoms with E-state index in [2.05, 4.69) is 6.07 Å². The fourth-order valence-electron chi connectivity index (χ4n) is 3.22. The summed E-state index contributed by atoms with van der Waals surface area (Å²) >= 11 is 0. The Hall–Kier alpha value is -2.95. The van der Waals surface area contributed by atoms with Gasteiger partial charge in [-0.15, -0.1) is 0 Å². The predicted molar refractivity (Wildman–Crippen MR) is 102 cm³/mol. The second-order valence-electron chi connectivity index (χ2n) is 6.01. The molecule has 2 aromatic carbocycles. The minimum atomic E-state index is -0.0362. The van der Waals surface area contributed by atoms with Gasteiger partial charge in [0.2, 0.25) is 5.75 Å².